The van der Waals surface area contributed by atoms with Gasteiger partial charge in [0.15, 0.2) is 0 Å². The summed E-state index contributed by atoms with van der Waals surface area (Å²) in [5, 5.41) is 0.250. The number of sulfonamides is 1. The molecule has 3 rings (SSSR count). The first kappa shape index (κ1) is 24.4. The summed E-state index contributed by atoms with van der Waals surface area (Å²) in [4.78, 5) is 1.78. The molecule has 1 heterocycles. The predicted octanol–water partition coefficient (Wildman–Crippen LogP) is 3.37. The lowest BCUT2D eigenvalue weighted by atomic mass is 10.2. The lowest BCUT2D eigenvalue weighted by Crippen LogP contribution is -2.38. The maximum atomic E-state index is 12.6. The van der Waals surface area contributed by atoms with Gasteiger partial charge in [0, 0.05) is 19.1 Å². The van der Waals surface area contributed by atoms with Crippen LogP contribution in [0.4, 0.5) is 0 Å². The van der Waals surface area contributed by atoms with Gasteiger partial charge >= 0.3 is 0 Å². The quantitative estimate of drug-likeness (QED) is 0.578. The van der Waals surface area contributed by atoms with E-state index in [2.05, 4.69) is 4.72 Å². The molecule has 170 valence electrons. The second-order valence-corrected chi connectivity index (χ2v) is 11.8. The van der Waals surface area contributed by atoms with Crippen LogP contribution < -0.4 is 4.72 Å². The second kappa shape index (κ2) is 9.35. The maximum absolute atomic E-state index is 12.6. The Morgan fingerprint density at radius 2 is 1.55 bits per heavy atom. The summed E-state index contributed by atoms with van der Waals surface area (Å²) in [6.07, 6.45) is -0.284. The van der Waals surface area contributed by atoms with E-state index in [0.717, 1.165) is 11.1 Å². The van der Waals surface area contributed by atoms with E-state index in [4.69, 9.17) is 27.4 Å². The van der Waals surface area contributed by atoms with E-state index >= 15 is 0 Å². The lowest BCUT2D eigenvalue weighted by molar-refractivity contribution is 0.215. The van der Waals surface area contributed by atoms with Gasteiger partial charge in [0.2, 0.25) is 10.0 Å². The fraction of sp³-hybridized carbons (Fsp3) is 0.400. The standard InChI is InChI=1S/C20H24Cl2N2O5S2/c1-13-4-6-19(17(21)8-13)30(25,26)23-11-15-10-16(12-24(15)3)29-31(27,28)20-7-5-14(2)9-18(20)22/h4-9,15-16,23H,10-12H2,1-3H3. The van der Waals surface area contributed by atoms with E-state index in [-0.39, 0.29) is 32.4 Å². The van der Waals surface area contributed by atoms with Crippen LogP contribution in [0.2, 0.25) is 10.0 Å². The number of aryl methyl sites for hydroxylation is 2. The van der Waals surface area contributed by atoms with Gasteiger partial charge < -0.3 is 0 Å². The van der Waals surface area contributed by atoms with Gasteiger partial charge in [-0.25, -0.2) is 13.1 Å². The third-order valence-electron chi connectivity index (χ3n) is 5.16. The van der Waals surface area contributed by atoms with Crippen LogP contribution in [0, 0.1) is 13.8 Å². The molecule has 1 saturated heterocycles. The van der Waals surface area contributed by atoms with Gasteiger partial charge in [-0.3, -0.25) is 9.08 Å². The molecule has 2 aromatic rings. The molecule has 1 fully saturated rings. The van der Waals surface area contributed by atoms with Crippen molar-refractivity contribution in [1.29, 1.82) is 0 Å². The van der Waals surface area contributed by atoms with Crippen LogP contribution in [0.3, 0.4) is 0 Å². The average molecular weight is 507 g/mol. The van der Waals surface area contributed by atoms with E-state index in [1.54, 1.807) is 31.3 Å². The van der Waals surface area contributed by atoms with Gasteiger partial charge in [0.25, 0.3) is 10.1 Å². The molecule has 2 atom stereocenters. The second-order valence-electron chi connectivity index (χ2n) is 7.72. The average Bonchev–Trinajstić information content (AvgIpc) is 2.97. The minimum atomic E-state index is -4.05. The zero-order valence-electron chi connectivity index (χ0n) is 17.3. The summed E-state index contributed by atoms with van der Waals surface area (Å²) >= 11 is 12.2. The van der Waals surface area contributed by atoms with Crippen molar-refractivity contribution in [3.05, 3.63) is 57.6 Å². The molecule has 7 nitrogen and oxygen atoms in total. The predicted molar refractivity (Wildman–Crippen MR) is 121 cm³/mol. The Hall–Kier alpha value is -1.20. The number of likely N-dealkylation sites (N-methyl/N-ethyl adjacent to an activating group) is 1. The molecule has 2 unspecified atom stereocenters. The van der Waals surface area contributed by atoms with Crippen molar-refractivity contribution in [1.82, 2.24) is 9.62 Å². The lowest BCUT2D eigenvalue weighted by Gasteiger charge is -2.19. The Kier molecular flexibility index (Phi) is 7.37. The monoisotopic (exact) mass is 506 g/mol. The van der Waals surface area contributed by atoms with Crippen LogP contribution in [0.5, 0.6) is 0 Å². The molecule has 0 saturated carbocycles. The van der Waals surface area contributed by atoms with E-state index < -0.39 is 26.2 Å². The summed E-state index contributed by atoms with van der Waals surface area (Å²) in [6.45, 7) is 4.06. The molecule has 0 spiro atoms. The number of halogens is 2. The Morgan fingerprint density at radius 3 is 2.10 bits per heavy atom. The number of rotatable bonds is 7. The number of benzene rings is 2. The number of nitrogens with zero attached hydrogens (tertiary/aromatic N) is 1. The van der Waals surface area contributed by atoms with Crippen molar-refractivity contribution in [2.45, 2.75) is 42.2 Å². The fourth-order valence-electron chi connectivity index (χ4n) is 3.48. The largest absolute Gasteiger partial charge is 0.299 e. The zero-order chi connectivity index (χ0) is 23.0. The van der Waals surface area contributed by atoms with Crippen LogP contribution in [-0.2, 0) is 24.3 Å². The molecule has 0 amide bonds. The molecule has 0 aromatic heterocycles. The first-order chi connectivity index (χ1) is 14.4. The molecule has 31 heavy (non-hydrogen) atoms. The number of hydrogen-bond donors (Lipinski definition) is 1. The van der Waals surface area contributed by atoms with Gasteiger partial charge in [0.1, 0.15) is 9.79 Å². The third-order valence-corrected chi connectivity index (χ3v) is 8.91. The van der Waals surface area contributed by atoms with Gasteiger partial charge in [-0.15, -0.1) is 0 Å². The van der Waals surface area contributed by atoms with Crippen molar-refractivity contribution in [3.63, 3.8) is 0 Å². The summed E-state index contributed by atoms with van der Waals surface area (Å²) in [5.41, 5.74) is 1.69. The van der Waals surface area contributed by atoms with E-state index in [0.29, 0.717) is 13.0 Å². The molecule has 1 aliphatic rings. The SMILES string of the molecule is Cc1ccc(S(=O)(=O)NCC2CC(OS(=O)(=O)c3ccc(C)cc3Cl)CN2C)c(Cl)c1. The molecule has 0 radical (unpaired) electrons. The molecule has 1 N–H and O–H groups in total. The van der Waals surface area contributed by atoms with Crippen LogP contribution in [0.15, 0.2) is 46.2 Å². The number of likely N-dealkylation sites (tertiary alicyclic amines) is 1. The van der Waals surface area contributed by atoms with Crippen molar-refractivity contribution in [2.24, 2.45) is 0 Å². The van der Waals surface area contributed by atoms with Crippen molar-refractivity contribution in [3.8, 4) is 0 Å². The summed E-state index contributed by atoms with van der Waals surface area (Å²) in [6, 6.07) is 9.11. The molecule has 0 aliphatic carbocycles. The zero-order valence-corrected chi connectivity index (χ0v) is 20.4. The summed E-state index contributed by atoms with van der Waals surface area (Å²) < 4.78 is 58.5. The first-order valence-electron chi connectivity index (χ1n) is 9.54. The minimum absolute atomic E-state index is 0.00445. The Bertz CT molecular complexity index is 1190. The summed E-state index contributed by atoms with van der Waals surface area (Å²) in [7, 11) is -6.07. The van der Waals surface area contributed by atoms with Crippen molar-refractivity contribution in [2.75, 3.05) is 20.1 Å². The van der Waals surface area contributed by atoms with Crippen LogP contribution in [0.25, 0.3) is 0 Å². The molecule has 1 aliphatic heterocycles. The first-order valence-corrected chi connectivity index (χ1v) is 13.2. The fourth-order valence-corrected chi connectivity index (χ4v) is 6.81. The van der Waals surface area contributed by atoms with Crippen LogP contribution >= 0.6 is 23.2 Å². The smallest absolute Gasteiger partial charge is 0.298 e. The molecule has 11 heteroatoms. The summed E-state index contributed by atoms with van der Waals surface area (Å²) in [5.74, 6) is 0. The highest BCUT2D eigenvalue weighted by atomic mass is 35.5. The highest BCUT2D eigenvalue weighted by molar-refractivity contribution is 7.89. The Labute approximate surface area is 193 Å². The topological polar surface area (TPSA) is 92.8 Å². The molecule has 0 bridgehead atoms. The number of hydrogen-bond acceptors (Lipinski definition) is 6. The van der Waals surface area contributed by atoms with Crippen LogP contribution in [-0.4, -0.2) is 54.0 Å². The molecular formula is C20H24Cl2N2O5S2. The van der Waals surface area contributed by atoms with Gasteiger partial charge in [-0.1, -0.05) is 35.3 Å². The third kappa shape index (κ3) is 5.78. The maximum Gasteiger partial charge on any atom is 0.298 e. The molecular weight excluding hydrogens is 483 g/mol. The van der Waals surface area contributed by atoms with Crippen molar-refractivity contribution < 1.29 is 21.0 Å². The van der Waals surface area contributed by atoms with Crippen molar-refractivity contribution >= 4 is 43.3 Å². The van der Waals surface area contributed by atoms with E-state index in [9.17, 15) is 16.8 Å². The van der Waals surface area contributed by atoms with E-state index in [1.807, 2.05) is 18.7 Å². The van der Waals surface area contributed by atoms with Gasteiger partial charge in [-0.2, -0.15) is 8.42 Å². The highest BCUT2D eigenvalue weighted by Crippen LogP contribution is 2.28. The van der Waals surface area contributed by atoms with Gasteiger partial charge in [-0.05, 0) is 62.7 Å². The number of nitrogens with one attached hydrogen (secondary N) is 1. The minimum Gasteiger partial charge on any atom is -0.299 e. The van der Waals surface area contributed by atoms with Gasteiger partial charge in [0.05, 0.1) is 16.1 Å². The molecule has 2 aromatic carbocycles. The Morgan fingerprint density at radius 1 is 1.00 bits per heavy atom. The normalized spacial score (nSPS) is 20.3. The highest BCUT2D eigenvalue weighted by Gasteiger charge is 2.35. The van der Waals surface area contributed by atoms with E-state index in [1.165, 1.54) is 12.1 Å². The Balaban J connectivity index is 1.65. The van der Waals surface area contributed by atoms with Crippen LogP contribution in [0.1, 0.15) is 17.5 Å².